The van der Waals surface area contributed by atoms with Crippen molar-refractivity contribution in [3.05, 3.63) is 59.9 Å². The molecule has 1 fully saturated rings. The molecule has 1 atom stereocenters. The lowest BCUT2D eigenvalue weighted by Crippen LogP contribution is -2.39. The Balaban J connectivity index is 1.49. The van der Waals surface area contributed by atoms with Crippen LogP contribution in [-0.2, 0) is 0 Å². The smallest absolute Gasteiger partial charge is 0.253 e. The van der Waals surface area contributed by atoms with Crippen LogP contribution < -0.4 is 0 Å². The van der Waals surface area contributed by atoms with Gasteiger partial charge in [0, 0.05) is 18.7 Å². The maximum Gasteiger partial charge on any atom is 0.253 e. The molecule has 2 aromatic heterocycles. The molecule has 25 heavy (non-hydrogen) atoms. The van der Waals surface area contributed by atoms with Crippen molar-refractivity contribution in [2.45, 2.75) is 18.8 Å². The predicted octanol–water partition coefficient (Wildman–Crippen LogP) is 3.49. The average Bonchev–Trinajstić information content (AvgIpc) is 3.33. The van der Waals surface area contributed by atoms with Gasteiger partial charge in [-0.05, 0) is 49.2 Å². The van der Waals surface area contributed by atoms with Crippen LogP contribution in [0.25, 0.3) is 11.6 Å². The molecule has 7 heteroatoms. The zero-order valence-electron chi connectivity index (χ0n) is 13.4. The van der Waals surface area contributed by atoms with Crippen LogP contribution in [0.5, 0.6) is 0 Å². The molecule has 1 aliphatic rings. The molecular weight excluding hydrogens is 325 g/mol. The summed E-state index contributed by atoms with van der Waals surface area (Å²) >= 11 is 0. The molecule has 128 valence electrons. The average molecular weight is 341 g/mol. The minimum absolute atomic E-state index is 0.0191. The van der Waals surface area contributed by atoms with Crippen LogP contribution in [0.3, 0.4) is 0 Å². The van der Waals surface area contributed by atoms with Gasteiger partial charge in [-0.2, -0.15) is 4.98 Å². The molecule has 1 aliphatic heterocycles. The Bertz CT molecular complexity index is 858. The van der Waals surface area contributed by atoms with E-state index in [-0.39, 0.29) is 17.6 Å². The monoisotopic (exact) mass is 341 g/mol. The van der Waals surface area contributed by atoms with Crippen molar-refractivity contribution in [2.24, 2.45) is 0 Å². The first-order chi connectivity index (χ1) is 12.2. The summed E-state index contributed by atoms with van der Waals surface area (Å²) in [6.07, 6.45) is 3.26. The van der Waals surface area contributed by atoms with E-state index in [4.69, 9.17) is 8.94 Å². The summed E-state index contributed by atoms with van der Waals surface area (Å²) in [5.41, 5.74) is 0.476. The quantitative estimate of drug-likeness (QED) is 0.729. The number of carbonyl (C=O) groups excluding carboxylic acids is 1. The van der Waals surface area contributed by atoms with E-state index in [1.54, 1.807) is 23.3 Å². The lowest BCUT2D eigenvalue weighted by atomic mass is 9.97. The SMILES string of the molecule is O=C(c1ccc(F)cc1)N1CCC[C@H](c2nc(-c3ccco3)no2)C1. The van der Waals surface area contributed by atoms with Gasteiger partial charge in [-0.3, -0.25) is 4.79 Å². The molecule has 0 N–H and O–H groups in total. The number of rotatable bonds is 3. The zero-order chi connectivity index (χ0) is 17.2. The van der Waals surface area contributed by atoms with Crippen LogP contribution >= 0.6 is 0 Å². The number of halogens is 1. The fourth-order valence-electron chi connectivity index (χ4n) is 3.05. The third-order valence-electron chi connectivity index (χ3n) is 4.33. The maximum atomic E-state index is 13.0. The topological polar surface area (TPSA) is 72.4 Å². The number of hydrogen-bond donors (Lipinski definition) is 0. The highest BCUT2D eigenvalue weighted by atomic mass is 19.1. The maximum absolute atomic E-state index is 13.0. The van der Waals surface area contributed by atoms with Crippen LogP contribution in [-0.4, -0.2) is 34.0 Å². The molecule has 0 bridgehead atoms. The third-order valence-corrected chi connectivity index (χ3v) is 4.33. The van der Waals surface area contributed by atoms with Crippen LogP contribution in [0.15, 0.2) is 51.6 Å². The molecule has 0 radical (unpaired) electrons. The molecule has 6 nitrogen and oxygen atoms in total. The van der Waals surface area contributed by atoms with Crippen molar-refractivity contribution in [1.82, 2.24) is 15.0 Å². The molecule has 3 heterocycles. The Morgan fingerprint density at radius 2 is 2.08 bits per heavy atom. The summed E-state index contributed by atoms with van der Waals surface area (Å²) in [6, 6.07) is 9.12. The van der Waals surface area contributed by atoms with E-state index in [1.807, 2.05) is 0 Å². The molecule has 3 aromatic rings. The van der Waals surface area contributed by atoms with Gasteiger partial charge in [0.2, 0.25) is 11.7 Å². The summed E-state index contributed by atoms with van der Waals surface area (Å²) in [7, 11) is 0. The van der Waals surface area contributed by atoms with Gasteiger partial charge in [0.1, 0.15) is 5.82 Å². The van der Waals surface area contributed by atoms with Crippen LogP contribution in [0.4, 0.5) is 4.39 Å². The first-order valence-corrected chi connectivity index (χ1v) is 8.13. The normalized spacial score (nSPS) is 17.6. The highest BCUT2D eigenvalue weighted by molar-refractivity contribution is 5.94. The van der Waals surface area contributed by atoms with Crippen molar-refractivity contribution in [2.75, 3.05) is 13.1 Å². The number of nitrogens with zero attached hydrogens (tertiary/aromatic N) is 3. The molecule has 0 unspecified atom stereocenters. The van der Waals surface area contributed by atoms with E-state index in [9.17, 15) is 9.18 Å². The minimum Gasteiger partial charge on any atom is -0.461 e. The van der Waals surface area contributed by atoms with Crippen molar-refractivity contribution >= 4 is 5.91 Å². The number of hydrogen-bond acceptors (Lipinski definition) is 5. The Morgan fingerprint density at radius 3 is 2.84 bits per heavy atom. The predicted molar refractivity (Wildman–Crippen MR) is 86.3 cm³/mol. The van der Waals surface area contributed by atoms with Gasteiger partial charge >= 0.3 is 0 Å². The van der Waals surface area contributed by atoms with Crippen molar-refractivity contribution in [3.63, 3.8) is 0 Å². The lowest BCUT2D eigenvalue weighted by Gasteiger charge is -2.31. The fraction of sp³-hybridized carbons (Fsp3) is 0.278. The second-order valence-corrected chi connectivity index (χ2v) is 6.03. The molecule has 4 rings (SSSR count). The first kappa shape index (κ1) is 15.6. The van der Waals surface area contributed by atoms with Gasteiger partial charge in [-0.1, -0.05) is 5.16 Å². The third kappa shape index (κ3) is 3.17. The Labute approximate surface area is 143 Å². The van der Waals surface area contributed by atoms with Crippen LogP contribution in [0.1, 0.15) is 35.0 Å². The van der Waals surface area contributed by atoms with Crippen molar-refractivity contribution < 1.29 is 18.1 Å². The summed E-state index contributed by atoms with van der Waals surface area (Å²) in [6.45, 7) is 1.15. The van der Waals surface area contributed by atoms with Crippen LogP contribution in [0.2, 0.25) is 0 Å². The Morgan fingerprint density at radius 1 is 1.24 bits per heavy atom. The number of piperidine rings is 1. The first-order valence-electron chi connectivity index (χ1n) is 8.13. The van der Waals surface area contributed by atoms with Crippen LogP contribution in [0, 0.1) is 5.82 Å². The standard InChI is InChI=1S/C18H16FN3O3/c19-14-7-5-12(6-8-14)18(23)22-9-1-3-13(11-22)17-20-16(21-25-17)15-4-2-10-24-15/h2,4-8,10,13H,1,3,9,11H2/t13-/m0/s1. The van der Waals surface area contributed by atoms with Gasteiger partial charge in [-0.15, -0.1) is 0 Å². The number of amides is 1. The minimum atomic E-state index is -0.357. The van der Waals surface area contributed by atoms with E-state index in [0.717, 1.165) is 12.8 Å². The molecule has 1 aromatic carbocycles. The largest absolute Gasteiger partial charge is 0.461 e. The number of likely N-dealkylation sites (tertiary alicyclic amines) is 1. The Hall–Kier alpha value is -2.96. The van der Waals surface area contributed by atoms with Gasteiger partial charge in [-0.25, -0.2) is 4.39 Å². The number of benzene rings is 1. The van der Waals surface area contributed by atoms with Crippen molar-refractivity contribution in [1.29, 1.82) is 0 Å². The second-order valence-electron chi connectivity index (χ2n) is 6.03. The Kier molecular flexibility index (Phi) is 4.05. The molecular formula is C18H16FN3O3. The van der Waals surface area contributed by atoms with E-state index >= 15 is 0 Å². The molecule has 0 saturated carbocycles. The lowest BCUT2D eigenvalue weighted by molar-refractivity contribution is 0.0695. The zero-order valence-corrected chi connectivity index (χ0v) is 13.4. The molecule has 0 spiro atoms. The number of carbonyl (C=O) groups is 1. The molecule has 0 aliphatic carbocycles. The second kappa shape index (κ2) is 6.51. The molecule has 1 amide bonds. The highest BCUT2D eigenvalue weighted by Gasteiger charge is 2.29. The molecule has 1 saturated heterocycles. The fourth-order valence-corrected chi connectivity index (χ4v) is 3.05. The highest BCUT2D eigenvalue weighted by Crippen LogP contribution is 2.28. The number of aromatic nitrogens is 2. The van der Waals surface area contributed by atoms with E-state index in [0.29, 0.717) is 36.1 Å². The summed E-state index contributed by atoms with van der Waals surface area (Å²) in [5.74, 6) is 0.962. The van der Waals surface area contributed by atoms with E-state index in [2.05, 4.69) is 10.1 Å². The summed E-state index contributed by atoms with van der Waals surface area (Å²) in [4.78, 5) is 18.7. The van der Waals surface area contributed by atoms with Gasteiger partial charge in [0.25, 0.3) is 5.91 Å². The van der Waals surface area contributed by atoms with Gasteiger partial charge in [0.15, 0.2) is 5.76 Å². The number of furan rings is 1. The summed E-state index contributed by atoms with van der Waals surface area (Å²) in [5, 5.41) is 3.95. The van der Waals surface area contributed by atoms with Crippen molar-refractivity contribution in [3.8, 4) is 11.6 Å². The van der Waals surface area contributed by atoms with Gasteiger partial charge in [0.05, 0.1) is 12.2 Å². The van der Waals surface area contributed by atoms with Gasteiger partial charge < -0.3 is 13.8 Å². The van der Waals surface area contributed by atoms with E-state index < -0.39 is 0 Å². The van der Waals surface area contributed by atoms with E-state index in [1.165, 1.54) is 24.3 Å². The summed E-state index contributed by atoms with van der Waals surface area (Å²) < 4.78 is 23.7.